The van der Waals surface area contributed by atoms with Crippen LogP contribution >= 0.6 is 9.90 Å². The Morgan fingerprint density at radius 3 is 0.714 bits per heavy atom. The Morgan fingerprint density at radius 1 is 0.714 bits per heavy atom. The number of rotatable bonds is 0. The van der Waals surface area contributed by atoms with E-state index in [9.17, 15) is 0 Å². The molecule has 0 amide bonds. The molecule has 0 aliphatic rings. The fraction of sp³-hybridized carbons (Fsp3) is 0. The van der Waals surface area contributed by atoms with Crippen LogP contribution in [-0.2, 0) is 29.5 Å². The molecular weight excluding hydrogens is 162 g/mol. The molecule has 1 atom stereocenters. The summed E-state index contributed by atoms with van der Waals surface area (Å²) in [4.78, 5) is 0. The Kier molecular flexibility index (Phi) is 27100. The zero-order valence-corrected chi connectivity index (χ0v) is 6.23. The number of hydrogen-bond donors (Lipinski definition) is 0. The zero-order valence-electron chi connectivity index (χ0n) is 3.42. The first kappa shape index (κ1) is 547. The topological polar surface area (TPSA) is 150 Å². The van der Waals surface area contributed by atoms with Gasteiger partial charge < -0.3 is 27.4 Å². The zero-order chi connectivity index (χ0) is 0. The van der Waals surface area contributed by atoms with Gasteiger partial charge in [0, 0.05) is 18.6 Å². The molecule has 7 heavy (non-hydrogen) atoms. The molecule has 1 radical (unpaired) electrons. The van der Waals surface area contributed by atoms with Crippen LogP contribution < -0.4 is 0 Å². The van der Waals surface area contributed by atoms with Gasteiger partial charge in [0.15, 0.2) is 0 Å². The van der Waals surface area contributed by atoms with E-state index < -0.39 is 0 Å². The average molecular weight is 170 g/mol. The van der Waals surface area contributed by atoms with Gasteiger partial charge in [-0.15, -0.1) is 0 Å². The quantitative estimate of drug-likeness (QED) is 0.379. The van der Waals surface area contributed by atoms with Crippen LogP contribution in [0, 0.1) is 0 Å². The van der Waals surface area contributed by atoms with E-state index in [1.807, 2.05) is 0 Å². The Hall–Kier alpha value is 0.814. The van der Waals surface area contributed by atoms with E-state index in [-0.39, 0.29) is 55.8 Å². The van der Waals surface area contributed by atoms with Gasteiger partial charge in [0.2, 0.25) is 0 Å². The van der Waals surface area contributed by atoms with Gasteiger partial charge in [-0.2, -0.15) is 9.90 Å². The van der Waals surface area contributed by atoms with Gasteiger partial charge in [-0.05, 0) is 0 Å². The van der Waals surface area contributed by atoms with Crippen molar-refractivity contribution in [3.05, 3.63) is 0 Å². The summed E-state index contributed by atoms with van der Waals surface area (Å²) in [5.41, 5.74) is 0. The van der Waals surface area contributed by atoms with Crippen LogP contribution in [0.4, 0.5) is 0 Å². The minimum Gasteiger partial charge on any atom is -2.00 e. The first-order chi connectivity index (χ1) is 0. The maximum Gasteiger partial charge on any atom is 0 e. The molecule has 0 bridgehead atoms. The summed E-state index contributed by atoms with van der Waals surface area (Å²) in [6, 6.07) is 0. The van der Waals surface area contributed by atoms with E-state index in [4.69, 9.17) is 0 Å². The summed E-state index contributed by atoms with van der Waals surface area (Å²) >= 11 is 0. The van der Waals surface area contributed by atoms with Crippen molar-refractivity contribution in [2.24, 2.45) is 0 Å². The van der Waals surface area contributed by atoms with Crippen molar-refractivity contribution in [2.75, 3.05) is 0 Å². The van der Waals surface area contributed by atoms with Gasteiger partial charge in [0.1, 0.15) is 0 Å². The van der Waals surface area contributed by atoms with Crippen molar-refractivity contribution >= 4 is 9.90 Å². The average Bonchev–Trinajstić information content (AvgIpc) is 0. The van der Waals surface area contributed by atoms with Crippen LogP contribution in [0.25, 0.3) is 0 Å². The Bertz CT molecular complexity index is 8.04. The van der Waals surface area contributed by atoms with E-state index in [0.29, 0.717) is 0 Å². The Balaban J connectivity index is 0. The van der Waals surface area contributed by atoms with Crippen LogP contribution in [0.15, 0.2) is 0 Å². The molecule has 53 valence electrons. The van der Waals surface area contributed by atoms with Crippen LogP contribution in [0.5, 0.6) is 0 Å². The SMILES string of the molecule is O.O.P.[O-2].[O-2].[OH-].[V]. The summed E-state index contributed by atoms with van der Waals surface area (Å²) in [6.45, 7) is 0. The second-order valence-corrected chi connectivity index (χ2v) is 0. The summed E-state index contributed by atoms with van der Waals surface area (Å²) in [5.74, 6) is 0. The van der Waals surface area contributed by atoms with E-state index >= 15 is 0 Å². The van der Waals surface area contributed by atoms with Gasteiger partial charge in [0.05, 0.1) is 0 Å². The first-order valence-corrected chi connectivity index (χ1v) is 0. The first-order valence-electron chi connectivity index (χ1n) is 0. The molecule has 0 fully saturated rings. The van der Waals surface area contributed by atoms with Crippen molar-refractivity contribution < 1.29 is 45.9 Å². The Labute approximate surface area is 56.5 Å². The van der Waals surface area contributed by atoms with Crippen molar-refractivity contribution in [3.8, 4) is 0 Å². The van der Waals surface area contributed by atoms with Crippen LogP contribution in [-0.4, -0.2) is 16.4 Å². The fourth-order valence-electron chi connectivity index (χ4n) is 0. The van der Waals surface area contributed by atoms with Gasteiger partial charge in [-0.1, -0.05) is 0 Å². The third kappa shape index (κ3) is 238. The molecular formula is H8O5PV-5. The van der Waals surface area contributed by atoms with Crippen LogP contribution in [0.1, 0.15) is 0 Å². The van der Waals surface area contributed by atoms with Crippen molar-refractivity contribution in [2.45, 2.75) is 0 Å². The molecule has 5 nitrogen and oxygen atoms in total. The minimum absolute atomic E-state index is 0. The van der Waals surface area contributed by atoms with Gasteiger partial charge >= 0.3 is 0 Å². The molecule has 0 saturated carbocycles. The predicted molar refractivity (Wildman–Crippen MR) is 21.6 cm³/mol. The smallest absolute Gasteiger partial charge is 0 e. The predicted octanol–water partition coefficient (Wildman–Crippen LogP) is -2.01. The number of hydrogen-bond acceptors (Lipinski definition) is 1. The third-order valence-corrected chi connectivity index (χ3v) is 0. The monoisotopic (exact) mass is 170 g/mol. The summed E-state index contributed by atoms with van der Waals surface area (Å²) in [7, 11) is 0. The summed E-state index contributed by atoms with van der Waals surface area (Å²) in [5, 5.41) is 0. The standard InChI is InChI=1S/3H2O.2O.H3P.V/h3*1H2;;;1H3;/q;;;2*-2;;/p-1. The Morgan fingerprint density at radius 2 is 0.714 bits per heavy atom. The minimum atomic E-state index is 0. The van der Waals surface area contributed by atoms with Crippen LogP contribution in [0.2, 0.25) is 0 Å². The molecule has 5 N–H and O–H groups in total. The summed E-state index contributed by atoms with van der Waals surface area (Å²) < 4.78 is 0. The normalized spacial score (nSPS) is 0. The van der Waals surface area contributed by atoms with Crippen molar-refractivity contribution in [3.63, 3.8) is 0 Å². The van der Waals surface area contributed by atoms with E-state index in [0.717, 1.165) is 0 Å². The van der Waals surface area contributed by atoms with Crippen molar-refractivity contribution in [1.29, 1.82) is 0 Å². The molecule has 0 rings (SSSR count). The van der Waals surface area contributed by atoms with Gasteiger partial charge in [-0.25, -0.2) is 0 Å². The second kappa shape index (κ2) is 347. The maximum atomic E-state index is 0. The third-order valence-electron chi connectivity index (χ3n) is 0. The molecule has 0 aliphatic carbocycles. The van der Waals surface area contributed by atoms with Crippen LogP contribution in [0.3, 0.4) is 0 Å². The molecule has 7 heteroatoms. The molecule has 0 aromatic carbocycles. The molecule has 0 aromatic heterocycles. The summed E-state index contributed by atoms with van der Waals surface area (Å²) in [6.07, 6.45) is 0. The largest absolute Gasteiger partial charge is 2.00 e. The molecule has 1 unspecified atom stereocenters. The van der Waals surface area contributed by atoms with E-state index in [2.05, 4.69) is 0 Å². The van der Waals surface area contributed by atoms with E-state index in [1.54, 1.807) is 0 Å². The fourth-order valence-corrected chi connectivity index (χ4v) is 0. The molecule has 0 aliphatic heterocycles. The van der Waals surface area contributed by atoms with Crippen molar-refractivity contribution in [1.82, 2.24) is 0 Å². The van der Waals surface area contributed by atoms with E-state index in [1.165, 1.54) is 0 Å². The second-order valence-electron chi connectivity index (χ2n) is 0. The molecule has 0 aromatic rings. The molecule has 0 spiro atoms. The maximum absolute atomic E-state index is 0. The molecule has 0 saturated heterocycles. The van der Waals surface area contributed by atoms with Gasteiger partial charge in [-0.3, -0.25) is 0 Å². The molecule has 0 heterocycles. The van der Waals surface area contributed by atoms with Gasteiger partial charge in [0.25, 0.3) is 0 Å².